The van der Waals surface area contributed by atoms with Crippen LogP contribution in [0.1, 0.15) is 37.5 Å². The van der Waals surface area contributed by atoms with Crippen molar-refractivity contribution in [3.63, 3.8) is 0 Å². The molecule has 0 aromatic carbocycles. The minimum atomic E-state index is 0.130. The summed E-state index contributed by atoms with van der Waals surface area (Å²) in [6, 6.07) is 4.19. The van der Waals surface area contributed by atoms with Gasteiger partial charge in [-0.3, -0.25) is 4.98 Å². The summed E-state index contributed by atoms with van der Waals surface area (Å²) in [7, 11) is 0. The van der Waals surface area contributed by atoms with Crippen molar-refractivity contribution in [3.8, 4) is 11.4 Å². The Morgan fingerprint density at radius 3 is 3.10 bits per heavy atom. The molecule has 2 unspecified atom stereocenters. The van der Waals surface area contributed by atoms with E-state index in [-0.39, 0.29) is 12.0 Å². The van der Waals surface area contributed by atoms with Crippen LogP contribution in [0.2, 0.25) is 0 Å². The molecule has 3 heterocycles. The van der Waals surface area contributed by atoms with E-state index in [1.165, 1.54) is 12.8 Å². The Labute approximate surface area is 126 Å². The predicted molar refractivity (Wildman–Crippen MR) is 82.1 cm³/mol. The highest BCUT2D eigenvalue weighted by Crippen LogP contribution is 2.32. The quantitative estimate of drug-likeness (QED) is 0.785. The van der Waals surface area contributed by atoms with Crippen LogP contribution in [0, 0.1) is 0 Å². The zero-order chi connectivity index (χ0) is 14.2. The molecular formula is C15H16N4OS. The lowest BCUT2D eigenvalue weighted by molar-refractivity contribution is 0.290. The summed E-state index contributed by atoms with van der Waals surface area (Å²) in [5.74, 6) is 1.47. The molecular weight excluding hydrogens is 284 g/mol. The van der Waals surface area contributed by atoms with Crippen LogP contribution in [0.3, 0.4) is 0 Å². The van der Waals surface area contributed by atoms with Crippen molar-refractivity contribution in [2.24, 2.45) is 5.73 Å². The third-order valence-electron chi connectivity index (χ3n) is 4.14. The molecule has 1 aliphatic carbocycles. The average Bonchev–Trinajstić information content (AvgIpc) is 3.16. The molecule has 1 saturated carbocycles. The van der Waals surface area contributed by atoms with Gasteiger partial charge in [0.15, 0.2) is 0 Å². The molecule has 1 fully saturated rings. The number of hydrogen-bond donors (Lipinski definition) is 1. The van der Waals surface area contributed by atoms with Crippen LogP contribution in [0.15, 0.2) is 28.2 Å². The molecule has 0 amide bonds. The maximum absolute atomic E-state index is 6.18. The first-order chi connectivity index (χ1) is 10.3. The van der Waals surface area contributed by atoms with E-state index in [0.29, 0.717) is 11.7 Å². The highest BCUT2D eigenvalue weighted by atomic mass is 32.1. The number of rotatable bonds is 2. The molecule has 3 aromatic heterocycles. The predicted octanol–water partition coefficient (Wildman–Crippen LogP) is 3.33. The third-order valence-corrected chi connectivity index (χ3v) is 4.99. The van der Waals surface area contributed by atoms with Gasteiger partial charge < -0.3 is 10.3 Å². The van der Waals surface area contributed by atoms with E-state index >= 15 is 0 Å². The van der Waals surface area contributed by atoms with Crippen LogP contribution in [-0.4, -0.2) is 21.2 Å². The first-order valence-corrected chi connectivity index (χ1v) is 8.12. The Balaban J connectivity index is 1.66. The number of fused-ring (bicyclic) bond motifs is 1. The first kappa shape index (κ1) is 12.9. The summed E-state index contributed by atoms with van der Waals surface area (Å²) >= 11 is 1.66. The lowest BCUT2D eigenvalue weighted by Crippen LogP contribution is -2.31. The Hall–Kier alpha value is -1.79. The Morgan fingerprint density at radius 2 is 2.19 bits per heavy atom. The first-order valence-electron chi connectivity index (χ1n) is 7.24. The Kier molecular flexibility index (Phi) is 3.20. The van der Waals surface area contributed by atoms with Gasteiger partial charge in [0.2, 0.25) is 11.7 Å². The van der Waals surface area contributed by atoms with Gasteiger partial charge in [-0.25, -0.2) is 0 Å². The highest BCUT2D eigenvalue weighted by Gasteiger charge is 2.28. The molecule has 5 nitrogen and oxygen atoms in total. The van der Waals surface area contributed by atoms with E-state index in [2.05, 4.69) is 21.2 Å². The second-order valence-corrected chi connectivity index (χ2v) is 6.49. The number of nitrogens with zero attached hydrogens (tertiary/aromatic N) is 3. The zero-order valence-corrected chi connectivity index (χ0v) is 12.3. The van der Waals surface area contributed by atoms with Gasteiger partial charge >= 0.3 is 0 Å². The molecule has 2 N–H and O–H groups in total. The van der Waals surface area contributed by atoms with Crippen LogP contribution >= 0.6 is 11.3 Å². The summed E-state index contributed by atoms with van der Waals surface area (Å²) in [6.07, 6.45) is 6.23. The fourth-order valence-electron chi connectivity index (χ4n) is 2.94. The number of pyridine rings is 1. The molecule has 2 atom stereocenters. The molecule has 4 rings (SSSR count). The number of aromatic nitrogens is 3. The summed E-state index contributed by atoms with van der Waals surface area (Å²) in [4.78, 5) is 8.97. The van der Waals surface area contributed by atoms with E-state index in [0.717, 1.165) is 28.6 Å². The van der Waals surface area contributed by atoms with Crippen LogP contribution in [-0.2, 0) is 0 Å². The van der Waals surface area contributed by atoms with E-state index in [9.17, 15) is 0 Å². The molecule has 6 heteroatoms. The molecule has 0 bridgehead atoms. The zero-order valence-electron chi connectivity index (χ0n) is 11.5. The van der Waals surface area contributed by atoms with Crippen molar-refractivity contribution in [1.29, 1.82) is 0 Å². The molecule has 0 aliphatic heterocycles. The fourth-order valence-corrected chi connectivity index (χ4v) is 3.72. The van der Waals surface area contributed by atoms with Crippen LogP contribution in [0.4, 0.5) is 0 Å². The minimum Gasteiger partial charge on any atom is -0.339 e. The molecule has 1 aliphatic rings. The van der Waals surface area contributed by atoms with Gasteiger partial charge in [0.05, 0.1) is 16.1 Å². The van der Waals surface area contributed by atoms with E-state index < -0.39 is 0 Å². The van der Waals surface area contributed by atoms with Crippen molar-refractivity contribution in [3.05, 3.63) is 29.6 Å². The summed E-state index contributed by atoms with van der Waals surface area (Å²) in [5.41, 5.74) is 8.08. The molecule has 108 valence electrons. The highest BCUT2D eigenvalue weighted by molar-refractivity contribution is 7.17. The third kappa shape index (κ3) is 2.34. The van der Waals surface area contributed by atoms with Crippen LogP contribution in [0.25, 0.3) is 21.6 Å². The average molecular weight is 300 g/mol. The van der Waals surface area contributed by atoms with Crippen molar-refractivity contribution in [2.75, 3.05) is 0 Å². The Morgan fingerprint density at radius 1 is 1.29 bits per heavy atom. The SMILES string of the molecule is NC1CCCCC1c1nc(-c2cnc3ccsc3c2)no1. The van der Waals surface area contributed by atoms with Crippen LogP contribution in [0.5, 0.6) is 0 Å². The topological polar surface area (TPSA) is 77.8 Å². The van der Waals surface area contributed by atoms with E-state index in [1.54, 1.807) is 17.5 Å². The second kappa shape index (κ2) is 5.20. The van der Waals surface area contributed by atoms with Gasteiger partial charge in [0.1, 0.15) is 0 Å². The van der Waals surface area contributed by atoms with E-state index in [1.807, 2.05) is 11.4 Å². The van der Waals surface area contributed by atoms with Gasteiger partial charge in [-0.2, -0.15) is 4.98 Å². The van der Waals surface area contributed by atoms with Gasteiger partial charge in [-0.1, -0.05) is 18.0 Å². The second-order valence-electron chi connectivity index (χ2n) is 5.54. The lowest BCUT2D eigenvalue weighted by atomic mass is 9.85. The summed E-state index contributed by atoms with van der Waals surface area (Å²) < 4.78 is 6.59. The van der Waals surface area contributed by atoms with Gasteiger partial charge in [0.25, 0.3) is 0 Å². The molecule has 0 spiro atoms. The number of nitrogens with two attached hydrogens (primary N) is 1. The number of hydrogen-bond acceptors (Lipinski definition) is 6. The van der Waals surface area contributed by atoms with Crippen molar-refractivity contribution in [2.45, 2.75) is 37.6 Å². The molecule has 21 heavy (non-hydrogen) atoms. The van der Waals surface area contributed by atoms with Crippen LogP contribution < -0.4 is 5.73 Å². The summed E-state index contributed by atoms with van der Waals surface area (Å²) in [5, 5.41) is 6.14. The van der Waals surface area contributed by atoms with E-state index in [4.69, 9.17) is 10.3 Å². The lowest BCUT2D eigenvalue weighted by Gasteiger charge is -2.25. The normalized spacial score (nSPS) is 22.7. The maximum Gasteiger partial charge on any atom is 0.231 e. The maximum atomic E-state index is 6.18. The largest absolute Gasteiger partial charge is 0.339 e. The Bertz CT molecular complexity index is 766. The van der Waals surface area contributed by atoms with Crippen molar-refractivity contribution < 1.29 is 4.52 Å². The molecule has 3 aromatic rings. The number of thiophene rings is 1. The smallest absolute Gasteiger partial charge is 0.231 e. The molecule has 0 saturated heterocycles. The van der Waals surface area contributed by atoms with Crippen molar-refractivity contribution in [1.82, 2.24) is 15.1 Å². The van der Waals surface area contributed by atoms with Gasteiger partial charge in [-0.05, 0) is 30.4 Å². The van der Waals surface area contributed by atoms with Crippen molar-refractivity contribution >= 4 is 21.6 Å². The standard InChI is InChI=1S/C15H16N4OS/c16-11-4-2-1-3-10(11)15-18-14(19-20-15)9-7-13-12(17-8-9)5-6-21-13/h5-8,10-11H,1-4,16H2. The monoisotopic (exact) mass is 300 g/mol. The fraction of sp³-hybridized carbons (Fsp3) is 0.400. The summed E-state index contributed by atoms with van der Waals surface area (Å²) in [6.45, 7) is 0. The minimum absolute atomic E-state index is 0.130. The van der Waals surface area contributed by atoms with Gasteiger partial charge in [-0.15, -0.1) is 11.3 Å². The molecule has 0 radical (unpaired) electrons. The van der Waals surface area contributed by atoms with Gasteiger partial charge in [0, 0.05) is 17.8 Å².